The smallest absolute Gasteiger partial charge is 0.307 e. The van der Waals surface area contributed by atoms with Gasteiger partial charge in [0.25, 0.3) is 5.91 Å². The zero-order valence-corrected chi connectivity index (χ0v) is 19.7. The van der Waals surface area contributed by atoms with Crippen molar-refractivity contribution in [1.29, 1.82) is 0 Å². The molecule has 4 aromatic rings. The zero-order chi connectivity index (χ0) is 26.4. The summed E-state index contributed by atoms with van der Waals surface area (Å²) in [5.41, 5.74) is 2.15. The second-order valence-corrected chi connectivity index (χ2v) is 8.52. The first-order valence-corrected chi connectivity index (χ1v) is 11.6. The molecule has 4 rings (SSSR count). The number of benzene rings is 3. The van der Waals surface area contributed by atoms with Crippen LogP contribution in [0.2, 0.25) is 0 Å². The van der Waals surface area contributed by atoms with Crippen molar-refractivity contribution in [3.05, 3.63) is 89.4 Å². The monoisotopic (exact) mass is 532 g/mol. The predicted molar refractivity (Wildman–Crippen MR) is 127 cm³/mol. The van der Waals surface area contributed by atoms with Crippen LogP contribution in [0.1, 0.15) is 16.1 Å². The molecule has 192 valence electrons. The Balaban J connectivity index is 1.39. The fourth-order valence-corrected chi connectivity index (χ4v) is 3.92. The minimum atomic E-state index is -1.21. The third-order valence-corrected chi connectivity index (χ3v) is 5.79. The van der Waals surface area contributed by atoms with Crippen LogP contribution in [0.4, 0.5) is 18.0 Å². The highest BCUT2D eigenvalue weighted by Crippen LogP contribution is 2.29. The zero-order valence-electron chi connectivity index (χ0n) is 18.9. The van der Waals surface area contributed by atoms with Gasteiger partial charge in [0.05, 0.1) is 6.54 Å². The third kappa shape index (κ3) is 6.35. The number of rotatable bonds is 9. The number of amides is 2. The van der Waals surface area contributed by atoms with Crippen LogP contribution >= 0.6 is 11.8 Å². The van der Waals surface area contributed by atoms with Crippen molar-refractivity contribution in [3.8, 4) is 11.5 Å². The number of hydrogen-bond acceptors (Lipinski definition) is 7. The van der Waals surface area contributed by atoms with E-state index in [1.54, 1.807) is 48.5 Å². The van der Waals surface area contributed by atoms with E-state index in [9.17, 15) is 22.8 Å². The maximum Gasteiger partial charge on any atom is 0.307 e. The predicted octanol–water partition coefficient (Wildman–Crippen LogP) is 5.43. The number of carbonyl (C=O) groups is 2. The van der Waals surface area contributed by atoms with E-state index in [4.69, 9.17) is 19.1 Å². The molecule has 3 N–H and O–H groups in total. The Labute approximate surface area is 212 Å². The molecule has 0 atom stereocenters. The van der Waals surface area contributed by atoms with Crippen molar-refractivity contribution in [1.82, 2.24) is 10.8 Å². The van der Waals surface area contributed by atoms with E-state index in [0.29, 0.717) is 33.7 Å². The molecule has 0 bridgehead atoms. The number of furan rings is 1. The Bertz CT molecular complexity index is 1400. The quantitative estimate of drug-likeness (QED) is 0.114. The van der Waals surface area contributed by atoms with Gasteiger partial charge in [0, 0.05) is 28.0 Å². The van der Waals surface area contributed by atoms with Crippen molar-refractivity contribution < 1.29 is 41.9 Å². The van der Waals surface area contributed by atoms with Crippen molar-refractivity contribution in [2.45, 2.75) is 11.5 Å². The standard InChI is InChI=1S/C25H19F3N2O6S/c26-14-11-19(27)23(20(28)12-14)35-13-18-17-3-1-2-4-21(17)36-22(18)24(31)29-9-10-34-15-5-7-16(8-6-15)37-25(32)30-33/h1-8,11-12,33H,9-10,13H2,(H,29,31)(H,30,32). The lowest BCUT2D eigenvalue weighted by molar-refractivity contribution is 0.0918. The summed E-state index contributed by atoms with van der Waals surface area (Å²) in [6.07, 6.45) is 0. The van der Waals surface area contributed by atoms with Gasteiger partial charge in [-0.2, -0.15) is 0 Å². The molecule has 12 heteroatoms. The van der Waals surface area contributed by atoms with Gasteiger partial charge in [0.15, 0.2) is 23.1 Å². The molecular weight excluding hydrogens is 513 g/mol. The molecule has 0 aliphatic heterocycles. The molecule has 1 heterocycles. The highest BCUT2D eigenvalue weighted by atomic mass is 32.2. The number of nitrogens with one attached hydrogen (secondary N) is 2. The maximum atomic E-state index is 14.0. The largest absolute Gasteiger partial charge is 0.492 e. The Hall–Kier alpha value is -4.16. The van der Waals surface area contributed by atoms with Crippen LogP contribution < -0.4 is 20.3 Å². The molecule has 0 fully saturated rings. The molecule has 0 unspecified atom stereocenters. The Morgan fingerprint density at radius 3 is 2.38 bits per heavy atom. The van der Waals surface area contributed by atoms with Gasteiger partial charge in [-0.1, -0.05) is 18.2 Å². The molecule has 1 aromatic heterocycles. The highest BCUT2D eigenvalue weighted by molar-refractivity contribution is 8.13. The highest BCUT2D eigenvalue weighted by Gasteiger charge is 2.22. The number of ether oxygens (including phenoxy) is 2. The average molecular weight is 532 g/mol. The van der Waals surface area contributed by atoms with Gasteiger partial charge >= 0.3 is 5.24 Å². The van der Waals surface area contributed by atoms with E-state index < -0.39 is 41.0 Å². The molecule has 37 heavy (non-hydrogen) atoms. The van der Waals surface area contributed by atoms with Crippen LogP contribution in [0.5, 0.6) is 11.5 Å². The molecular formula is C25H19F3N2O6S. The van der Waals surface area contributed by atoms with Crippen LogP contribution in [0, 0.1) is 17.5 Å². The molecule has 0 radical (unpaired) electrons. The van der Waals surface area contributed by atoms with Crippen LogP contribution in [0.15, 0.2) is 70.0 Å². The van der Waals surface area contributed by atoms with Gasteiger partial charge in [-0.05, 0) is 42.1 Å². The number of hydrogen-bond donors (Lipinski definition) is 3. The molecule has 8 nitrogen and oxygen atoms in total. The lowest BCUT2D eigenvalue weighted by Gasteiger charge is -2.10. The van der Waals surface area contributed by atoms with Gasteiger partial charge in [-0.15, -0.1) is 0 Å². The van der Waals surface area contributed by atoms with Gasteiger partial charge in [-0.3, -0.25) is 14.8 Å². The molecule has 0 saturated heterocycles. The van der Waals surface area contributed by atoms with Crippen molar-refractivity contribution >= 4 is 33.9 Å². The first kappa shape index (κ1) is 25.9. The normalized spacial score (nSPS) is 10.8. The number of hydroxylamine groups is 1. The first-order valence-electron chi connectivity index (χ1n) is 10.8. The number of halogens is 3. The summed E-state index contributed by atoms with van der Waals surface area (Å²) >= 11 is 0.798. The van der Waals surface area contributed by atoms with Crippen LogP contribution in [0.3, 0.4) is 0 Å². The second kappa shape index (κ2) is 11.7. The van der Waals surface area contributed by atoms with E-state index in [1.807, 2.05) is 0 Å². The first-order chi connectivity index (χ1) is 17.9. The summed E-state index contributed by atoms with van der Waals surface area (Å²) in [5.74, 6) is -4.49. The molecule has 0 aliphatic rings. The summed E-state index contributed by atoms with van der Waals surface area (Å²) in [7, 11) is 0. The van der Waals surface area contributed by atoms with E-state index in [0.717, 1.165) is 11.8 Å². The van der Waals surface area contributed by atoms with Crippen molar-refractivity contribution in [2.75, 3.05) is 13.2 Å². The van der Waals surface area contributed by atoms with E-state index >= 15 is 0 Å². The van der Waals surface area contributed by atoms with E-state index in [1.165, 1.54) is 5.48 Å². The van der Waals surface area contributed by atoms with Crippen LogP contribution in [-0.4, -0.2) is 29.5 Å². The second-order valence-electron chi connectivity index (χ2n) is 7.47. The molecule has 3 aromatic carbocycles. The Kier molecular flexibility index (Phi) is 8.21. The molecule has 0 aliphatic carbocycles. The lowest BCUT2D eigenvalue weighted by Crippen LogP contribution is -2.28. The summed E-state index contributed by atoms with van der Waals surface area (Å²) in [6, 6.07) is 14.2. The summed E-state index contributed by atoms with van der Waals surface area (Å²) in [4.78, 5) is 24.6. The fourth-order valence-electron chi connectivity index (χ4n) is 3.38. The topological polar surface area (TPSA) is 110 Å². The van der Waals surface area contributed by atoms with Gasteiger partial charge in [0.1, 0.15) is 30.4 Å². The Morgan fingerprint density at radius 1 is 0.973 bits per heavy atom. The van der Waals surface area contributed by atoms with Crippen molar-refractivity contribution in [2.24, 2.45) is 0 Å². The maximum absolute atomic E-state index is 14.0. The summed E-state index contributed by atoms with van der Waals surface area (Å²) < 4.78 is 57.7. The molecule has 0 saturated carbocycles. The summed E-state index contributed by atoms with van der Waals surface area (Å²) in [5, 5.41) is 11.1. The minimum Gasteiger partial charge on any atom is -0.492 e. The third-order valence-electron chi connectivity index (χ3n) is 5.01. The lowest BCUT2D eigenvalue weighted by atomic mass is 10.1. The average Bonchev–Trinajstić information content (AvgIpc) is 3.25. The van der Waals surface area contributed by atoms with Crippen molar-refractivity contribution in [3.63, 3.8) is 0 Å². The van der Waals surface area contributed by atoms with Gasteiger partial charge in [0.2, 0.25) is 0 Å². The van der Waals surface area contributed by atoms with Gasteiger partial charge in [-0.25, -0.2) is 18.7 Å². The van der Waals surface area contributed by atoms with Gasteiger partial charge < -0.3 is 19.2 Å². The SMILES string of the molecule is O=C(NO)Sc1ccc(OCCNC(=O)c2oc3ccccc3c2COc2c(F)cc(F)cc2F)cc1. The molecule has 2 amide bonds. The van der Waals surface area contributed by atoms with Crippen LogP contribution in [0.25, 0.3) is 11.0 Å². The Morgan fingerprint density at radius 2 is 1.68 bits per heavy atom. The van der Waals surface area contributed by atoms with Crippen LogP contribution in [-0.2, 0) is 6.61 Å². The van der Waals surface area contributed by atoms with E-state index in [2.05, 4.69) is 5.32 Å². The number of thioether (sulfide) groups is 1. The van der Waals surface area contributed by atoms with E-state index in [-0.39, 0.29) is 24.5 Å². The molecule has 0 spiro atoms. The number of para-hydroxylation sites is 1. The number of carbonyl (C=O) groups excluding carboxylic acids is 2. The fraction of sp³-hybridized carbons (Fsp3) is 0.120. The number of fused-ring (bicyclic) bond motifs is 1. The minimum absolute atomic E-state index is 0.0980. The summed E-state index contributed by atoms with van der Waals surface area (Å²) in [6.45, 7) is -0.206.